The number of hydrogen-bond donors (Lipinski definition) is 0. The number of carbonyl (C=O) groups excluding carboxylic acids is 1. The number of carbonyl (C=O) groups is 1. The summed E-state index contributed by atoms with van der Waals surface area (Å²) in [5.41, 5.74) is 1.90. The fourth-order valence-electron chi connectivity index (χ4n) is 1.95. The van der Waals surface area contributed by atoms with Gasteiger partial charge in [-0.05, 0) is 24.0 Å². The molecule has 1 aromatic rings. The van der Waals surface area contributed by atoms with Crippen LogP contribution in [0.1, 0.15) is 34.3 Å². The SMILES string of the molecule is O=C1CCCc2cc(COC(F)(F)F)ccc21. The molecule has 0 saturated heterocycles. The first-order valence-electron chi connectivity index (χ1n) is 5.31. The summed E-state index contributed by atoms with van der Waals surface area (Å²) in [5, 5.41) is 0. The van der Waals surface area contributed by atoms with Gasteiger partial charge in [0.2, 0.25) is 0 Å². The highest BCUT2D eigenvalue weighted by atomic mass is 19.4. The van der Waals surface area contributed by atoms with Crippen LogP contribution in [0.5, 0.6) is 0 Å². The van der Waals surface area contributed by atoms with Crippen LogP contribution < -0.4 is 0 Å². The first kappa shape index (κ1) is 12.1. The van der Waals surface area contributed by atoms with E-state index in [0.29, 0.717) is 17.5 Å². The van der Waals surface area contributed by atoms with Crippen molar-refractivity contribution in [2.45, 2.75) is 32.2 Å². The molecule has 1 aromatic carbocycles. The second-order valence-corrected chi connectivity index (χ2v) is 4.00. The second kappa shape index (κ2) is 4.49. The molecule has 0 atom stereocenters. The minimum absolute atomic E-state index is 0.0644. The number of hydrogen-bond acceptors (Lipinski definition) is 2. The lowest BCUT2D eigenvalue weighted by Gasteiger charge is -2.16. The number of fused-ring (bicyclic) bond motifs is 1. The van der Waals surface area contributed by atoms with Gasteiger partial charge < -0.3 is 0 Å². The number of aryl methyl sites for hydroxylation is 1. The number of alkyl halides is 3. The molecule has 0 spiro atoms. The van der Waals surface area contributed by atoms with Crippen molar-refractivity contribution in [3.05, 3.63) is 34.9 Å². The highest BCUT2D eigenvalue weighted by Crippen LogP contribution is 2.24. The van der Waals surface area contributed by atoms with E-state index >= 15 is 0 Å². The van der Waals surface area contributed by atoms with E-state index in [9.17, 15) is 18.0 Å². The first-order valence-corrected chi connectivity index (χ1v) is 5.31. The van der Waals surface area contributed by atoms with Gasteiger partial charge in [0.05, 0.1) is 6.61 Å². The van der Waals surface area contributed by atoms with Crippen molar-refractivity contribution in [2.24, 2.45) is 0 Å². The number of ketones is 1. The van der Waals surface area contributed by atoms with Crippen LogP contribution in [0.2, 0.25) is 0 Å². The molecule has 17 heavy (non-hydrogen) atoms. The van der Waals surface area contributed by atoms with E-state index in [1.807, 2.05) is 0 Å². The molecule has 1 aliphatic carbocycles. The number of Topliss-reactive ketones (excluding diaryl/α,β-unsaturated/α-hetero) is 1. The van der Waals surface area contributed by atoms with Crippen molar-refractivity contribution in [3.8, 4) is 0 Å². The molecule has 5 heteroatoms. The summed E-state index contributed by atoms with van der Waals surface area (Å²) in [6.07, 6.45) is -2.60. The van der Waals surface area contributed by atoms with E-state index in [-0.39, 0.29) is 5.78 Å². The van der Waals surface area contributed by atoms with Crippen LogP contribution in [0.15, 0.2) is 18.2 Å². The third-order valence-electron chi connectivity index (χ3n) is 2.72. The van der Waals surface area contributed by atoms with E-state index in [2.05, 4.69) is 4.74 Å². The molecule has 0 bridgehead atoms. The smallest absolute Gasteiger partial charge is 0.294 e. The lowest BCUT2D eigenvalue weighted by Crippen LogP contribution is -2.14. The fraction of sp³-hybridized carbons (Fsp3) is 0.417. The summed E-state index contributed by atoms with van der Waals surface area (Å²) in [6.45, 7) is -0.509. The molecule has 2 nitrogen and oxygen atoms in total. The number of halogens is 3. The molecule has 0 saturated carbocycles. The molecular weight excluding hydrogens is 233 g/mol. The number of rotatable bonds is 2. The Morgan fingerprint density at radius 3 is 2.71 bits per heavy atom. The van der Waals surface area contributed by atoms with Crippen LogP contribution in [0.3, 0.4) is 0 Å². The minimum Gasteiger partial charge on any atom is -0.294 e. The molecule has 0 fully saturated rings. The lowest BCUT2D eigenvalue weighted by atomic mass is 9.89. The van der Waals surface area contributed by atoms with Gasteiger partial charge in [-0.3, -0.25) is 9.53 Å². The van der Waals surface area contributed by atoms with E-state index < -0.39 is 13.0 Å². The molecule has 2 rings (SSSR count). The molecule has 0 aliphatic heterocycles. The standard InChI is InChI=1S/C12H11F3O2/c13-12(14,15)17-7-8-4-5-10-9(6-8)2-1-3-11(10)16/h4-6H,1-3,7H2. The molecule has 0 heterocycles. The van der Waals surface area contributed by atoms with Crippen LogP contribution >= 0.6 is 0 Å². The average Bonchev–Trinajstić information content (AvgIpc) is 2.26. The van der Waals surface area contributed by atoms with E-state index in [1.54, 1.807) is 12.1 Å². The Morgan fingerprint density at radius 2 is 2.00 bits per heavy atom. The predicted molar refractivity (Wildman–Crippen MR) is 54.6 cm³/mol. The Morgan fingerprint density at radius 1 is 1.24 bits per heavy atom. The average molecular weight is 244 g/mol. The number of benzene rings is 1. The zero-order valence-electron chi connectivity index (χ0n) is 9.01. The summed E-state index contributed by atoms with van der Waals surface area (Å²) in [5.74, 6) is 0.0644. The van der Waals surface area contributed by atoms with Gasteiger partial charge in [-0.25, -0.2) is 0 Å². The van der Waals surface area contributed by atoms with Crippen molar-refractivity contribution < 1.29 is 22.7 Å². The van der Waals surface area contributed by atoms with Crippen LogP contribution in [0.25, 0.3) is 0 Å². The molecule has 92 valence electrons. The monoisotopic (exact) mass is 244 g/mol. The third-order valence-corrected chi connectivity index (χ3v) is 2.72. The van der Waals surface area contributed by atoms with E-state index in [0.717, 1.165) is 18.4 Å². The molecule has 0 N–H and O–H groups in total. The Kier molecular flexibility index (Phi) is 3.19. The largest absolute Gasteiger partial charge is 0.522 e. The van der Waals surface area contributed by atoms with Crippen molar-refractivity contribution in [1.82, 2.24) is 0 Å². The van der Waals surface area contributed by atoms with Crippen molar-refractivity contribution in [2.75, 3.05) is 0 Å². The fourth-order valence-corrected chi connectivity index (χ4v) is 1.95. The van der Waals surface area contributed by atoms with Gasteiger partial charge in [0, 0.05) is 12.0 Å². The van der Waals surface area contributed by atoms with Gasteiger partial charge in [0.1, 0.15) is 0 Å². The minimum atomic E-state index is -4.62. The quantitative estimate of drug-likeness (QED) is 0.798. The van der Waals surface area contributed by atoms with Gasteiger partial charge in [-0.1, -0.05) is 18.2 Å². The highest BCUT2D eigenvalue weighted by Gasteiger charge is 2.29. The Bertz CT molecular complexity index is 438. The maximum absolute atomic E-state index is 11.9. The summed E-state index contributed by atoms with van der Waals surface area (Å²) >= 11 is 0. The Balaban J connectivity index is 2.14. The van der Waals surface area contributed by atoms with Gasteiger partial charge in [-0.2, -0.15) is 0 Å². The van der Waals surface area contributed by atoms with Crippen LogP contribution in [0, 0.1) is 0 Å². The number of ether oxygens (including phenoxy) is 1. The first-order chi connectivity index (χ1) is 7.96. The molecule has 0 radical (unpaired) electrons. The maximum atomic E-state index is 11.9. The van der Waals surface area contributed by atoms with Crippen LogP contribution in [0.4, 0.5) is 13.2 Å². The zero-order chi connectivity index (χ0) is 12.5. The molecular formula is C12H11F3O2. The van der Waals surface area contributed by atoms with Gasteiger partial charge in [-0.15, -0.1) is 13.2 Å². The molecule has 0 aromatic heterocycles. The Hall–Kier alpha value is -1.36. The van der Waals surface area contributed by atoms with E-state index in [1.165, 1.54) is 6.07 Å². The van der Waals surface area contributed by atoms with Crippen molar-refractivity contribution in [1.29, 1.82) is 0 Å². The highest BCUT2D eigenvalue weighted by molar-refractivity contribution is 5.98. The van der Waals surface area contributed by atoms with Gasteiger partial charge >= 0.3 is 6.36 Å². The predicted octanol–water partition coefficient (Wildman–Crippen LogP) is 3.24. The van der Waals surface area contributed by atoms with Crippen LogP contribution in [-0.2, 0) is 17.8 Å². The molecule has 1 aliphatic rings. The normalized spacial score (nSPS) is 15.8. The van der Waals surface area contributed by atoms with Gasteiger partial charge in [0.25, 0.3) is 0 Å². The topological polar surface area (TPSA) is 26.3 Å². The van der Waals surface area contributed by atoms with E-state index in [4.69, 9.17) is 0 Å². The maximum Gasteiger partial charge on any atom is 0.522 e. The molecule has 0 unspecified atom stereocenters. The van der Waals surface area contributed by atoms with Crippen molar-refractivity contribution >= 4 is 5.78 Å². The second-order valence-electron chi connectivity index (χ2n) is 4.00. The van der Waals surface area contributed by atoms with Gasteiger partial charge in [0.15, 0.2) is 5.78 Å². The zero-order valence-corrected chi connectivity index (χ0v) is 9.01. The van der Waals surface area contributed by atoms with Crippen LogP contribution in [-0.4, -0.2) is 12.1 Å². The summed E-state index contributed by atoms with van der Waals surface area (Å²) < 4.78 is 39.3. The summed E-state index contributed by atoms with van der Waals surface area (Å²) in [7, 11) is 0. The summed E-state index contributed by atoms with van der Waals surface area (Å²) in [6, 6.07) is 4.72. The summed E-state index contributed by atoms with van der Waals surface area (Å²) in [4.78, 5) is 11.5. The lowest BCUT2D eigenvalue weighted by molar-refractivity contribution is -0.330. The van der Waals surface area contributed by atoms with Crippen molar-refractivity contribution in [3.63, 3.8) is 0 Å². The third kappa shape index (κ3) is 3.06. The Labute approximate surface area is 96.4 Å². The molecule has 0 amide bonds.